The van der Waals surface area contributed by atoms with Gasteiger partial charge in [0, 0.05) is 17.1 Å². The van der Waals surface area contributed by atoms with E-state index >= 15 is 0 Å². The van der Waals surface area contributed by atoms with Gasteiger partial charge in [-0.15, -0.1) is 0 Å². The van der Waals surface area contributed by atoms with E-state index in [0.717, 1.165) is 37.0 Å². The fraction of sp³-hybridized carbons (Fsp3) is 0.286. The van der Waals surface area contributed by atoms with Crippen molar-refractivity contribution in [1.29, 1.82) is 0 Å². The predicted octanol–water partition coefficient (Wildman–Crippen LogP) is 3.71. The van der Waals surface area contributed by atoms with Gasteiger partial charge in [0.2, 0.25) is 5.91 Å². The Morgan fingerprint density at radius 3 is 2.50 bits per heavy atom. The number of carbonyl (C=O) groups excluding carboxylic acids is 1. The molecule has 4 nitrogen and oxygen atoms in total. The number of nitrogens with zero attached hydrogens (tertiary/aromatic N) is 1. The van der Waals surface area contributed by atoms with Crippen LogP contribution in [0.1, 0.15) is 35.9 Å². The number of benzene rings is 2. The van der Waals surface area contributed by atoms with Gasteiger partial charge in [0.25, 0.3) is 0 Å². The van der Waals surface area contributed by atoms with Gasteiger partial charge in [0.05, 0.1) is 0 Å². The van der Waals surface area contributed by atoms with Crippen LogP contribution in [0, 0.1) is 5.82 Å². The summed E-state index contributed by atoms with van der Waals surface area (Å²) in [5, 5.41) is 1.27. The maximum atomic E-state index is 13.2. The summed E-state index contributed by atoms with van der Waals surface area (Å²) in [4.78, 5) is 17.5. The van der Waals surface area contributed by atoms with E-state index < -0.39 is 6.04 Å². The van der Waals surface area contributed by atoms with E-state index in [4.69, 9.17) is 5.73 Å². The summed E-state index contributed by atoms with van der Waals surface area (Å²) in [6.45, 7) is 1.57. The van der Waals surface area contributed by atoms with Crippen LogP contribution in [0.15, 0.2) is 54.7 Å². The first-order chi connectivity index (χ1) is 12.6. The van der Waals surface area contributed by atoms with Crippen molar-refractivity contribution < 1.29 is 9.18 Å². The zero-order chi connectivity index (χ0) is 18.1. The van der Waals surface area contributed by atoms with E-state index in [1.807, 2.05) is 6.07 Å². The van der Waals surface area contributed by atoms with Crippen LogP contribution in [0.25, 0.3) is 10.9 Å². The maximum absolute atomic E-state index is 13.2. The van der Waals surface area contributed by atoms with Crippen LogP contribution in [0.3, 0.4) is 0 Å². The Labute approximate surface area is 151 Å². The number of piperidine rings is 1. The quantitative estimate of drug-likeness (QED) is 0.753. The lowest BCUT2D eigenvalue weighted by Crippen LogP contribution is -2.42. The predicted molar refractivity (Wildman–Crippen MR) is 100 cm³/mol. The second-order valence-electron chi connectivity index (χ2n) is 6.96. The molecule has 134 valence electrons. The summed E-state index contributed by atoms with van der Waals surface area (Å²) < 4.78 is 13.2. The average Bonchev–Trinajstić information content (AvgIpc) is 3.08. The third-order valence-corrected chi connectivity index (χ3v) is 5.41. The highest BCUT2D eigenvalue weighted by atomic mass is 19.1. The molecule has 5 heteroatoms. The molecule has 1 aromatic heterocycles. The number of primary amides is 1. The Morgan fingerprint density at radius 2 is 1.81 bits per heavy atom. The van der Waals surface area contributed by atoms with Crippen LogP contribution in [-0.2, 0) is 4.79 Å². The van der Waals surface area contributed by atoms with Gasteiger partial charge in [-0.05, 0) is 61.2 Å². The number of halogens is 1. The number of para-hydroxylation sites is 1. The molecule has 1 fully saturated rings. The lowest BCUT2D eigenvalue weighted by atomic mass is 9.88. The molecule has 0 bridgehead atoms. The van der Waals surface area contributed by atoms with Gasteiger partial charge in [-0.3, -0.25) is 9.69 Å². The fourth-order valence-electron chi connectivity index (χ4n) is 4.10. The number of hydrogen-bond acceptors (Lipinski definition) is 2. The van der Waals surface area contributed by atoms with Gasteiger partial charge < -0.3 is 10.7 Å². The van der Waals surface area contributed by atoms with Crippen molar-refractivity contribution in [2.75, 3.05) is 13.1 Å². The van der Waals surface area contributed by atoms with Crippen LogP contribution in [-0.4, -0.2) is 28.9 Å². The van der Waals surface area contributed by atoms with Crippen molar-refractivity contribution in [3.63, 3.8) is 0 Å². The molecular formula is C21H22FN3O. The van der Waals surface area contributed by atoms with Crippen molar-refractivity contribution in [1.82, 2.24) is 9.88 Å². The topological polar surface area (TPSA) is 62.1 Å². The number of hydrogen-bond donors (Lipinski definition) is 2. The highest BCUT2D eigenvalue weighted by Gasteiger charge is 2.30. The van der Waals surface area contributed by atoms with Crippen molar-refractivity contribution >= 4 is 16.8 Å². The second-order valence-corrected chi connectivity index (χ2v) is 6.96. The molecule has 3 N–H and O–H groups in total. The SMILES string of the molecule is NC(=O)C(c1ccc(F)cc1)N1CCC(c2c[nH]c3ccccc23)CC1. The van der Waals surface area contributed by atoms with Crippen LogP contribution < -0.4 is 5.73 Å². The van der Waals surface area contributed by atoms with E-state index in [0.29, 0.717) is 5.92 Å². The van der Waals surface area contributed by atoms with Crippen molar-refractivity contribution in [2.24, 2.45) is 5.73 Å². The molecule has 1 aliphatic heterocycles. The number of nitrogens with two attached hydrogens (primary N) is 1. The van der Waals surface area contributed by atoms with E-state index in [9.17, 15) is 9.18 Å². The molecule has 1 aliphatic rings. The molecule has 1 atom stereocenters. The lowest BCUT2D eigenvalue weighted by molar-refractivity contribution is -0.124. The zero-order valence-electron chi connectivity index (χ0n) is 14.5. The first-order valence-corrected chi connectivity index (χ1v) is 8.98. The number of rotatable bonds is 4. The molecule has 1 unspecified atom stereocenters. The Balaban J connectivity index is 1.51. The van der Waals surface area contributed by atoms with E-state index in [2.05, 4.69) is 34.3 Å². The molecule has 4 rings (SSSR count). The number of aromatic nitrogens is 1. The molecule has 0 saturated carbocycles. The maximum Gasteiger partial charge on any atom is 0.239 e. The normalized spacial score (nSPS) is 17.4. The minimum Gasteiger partial charge on any atom is -0.368 e. The number of fused-ring (bicyclic) bond motifs is 1. The molecule has 0 spiro atoms. The Bertz CT molecular complexity index is 910. The summed E-state index contributed by atoms with van der Waals surface area (Å²) in [6, 6.07) is 13.9. The molecule has 1 saturated heterocycles. The van der Waals surface area contributed by atoms with Gasteiger partial charge >= 0.3 is 0 Å². The Morgan fingerprint density at radius 1 is 1.12 bits per heavy atom. The highest BCUT2D eigenvalue weighted by Crippen LogP contribution is 2.35. The largest absolute Gasteiger partial charge is 0.368 e. The molecule has 1 amide bonds. The number of carbonyl (C=O) groups is 1. The first kappa shape index (κ1) is 16.8. The summed E-state index contributed by atoms with van der Waals surface area (Å²) >= 11 is 0. The van der Waals surface area contributed by atoms with E-state index in [-0.39, 0.29) is 11.7 Å². The molecule has 2 heterocycles. The van der Waals surface area contributed by atoms with Crippen LogP contribution in [0.4, 0.5) is 4.39 Å². The zero-order valence-corrected chi connectivity index (χ0v) is 14.5. The molecule has 0 aliphatic carbocycles. The fourth-order valence-corrected chi connectivity index (χ4v) is 4.10. The third-order valence-electron chi connectivity index (χ3n) is 5.41. The summed E-state index contributed by atoms with van der Waals surface area (Å²) in [7, 11) is 0. The summed E-state index contributed by atoms with van der Waals surface area (Å²) in [6.07, 6.45) is 4.04. The standard InChI is InChI=1S/C21H22FN3O/c22-16-7-5-15(6-8-16)20(21(23)26)25-11-9-14(10-12-25)18-13-24-19-4-2-1-3-17(18)19/h1-8,13-14,20,24H,9-12H2,(H2,23,26). The number of H-pyrrole nitrogens is 1. The number of likely N-dealkylation sites (tertiary alicyclic amines) is 1. The Hall–Kier alpha value is -2.66. The van der Waals surface area contributed by atoms with Gasteiger partial charge in [-0.25, -0.2) is 4.39 Å². The highest BCUT2D eigenvalue weighted by molar-refractivity contribution is 5.83. The monoisotopic (exact) mass is 351 g/mol. The number of nitrogens with one attached hydrogen (secondary N) is 1. The van der Waals surface area contributed by atoms with Crippen LogP contribution in [0.5, 0.6) is 0 Å². The minimum atomic E-state index is -0.500. The Kier molecular flexibility index (Phi) is 4.47. The number of amides is 1. The van der Waals surface area contributed by atoms with Gasteiger partial charge in [-0.1, -0.05) is 30.3 Å². The van der Waals surface area contributed by atoms with Gasteiger partial charge in [0.15, 0.2) is 0 Å². The second kappa shape index (κ2) is 6.92. The summed E-state index contributed by atoms with van der Waals surface area (Å²) in [5.74, 6) is -0.235. The summed E-state index contributed by atoms with van der Waals surface area (Å²) in [5.41, 5.74) is 8.92. The van der Waals surface area contributed by atoms with Crippen molar-refractivity contribution in [3.05, 3.63) is 71.7 Å². The third kappa shape index (κ3) is 3.10. The molecule has 26 heavy (non-hydrogen) atoms. The van der Waals surface area contributed by atoms with Gasteiger partial charge in [-0.2, -0.15) is 0 Å². The van der Waals surface area contributed by atoms with E-state index in [1.165, 1.54) is 23.1 Å². The minimum absolute atomic E-state index is 0.310. The molecule has 2 aromatic carbocycles. The average molecular weight is 351 g/mol. The molecular weight excluding hydrogens is 329 g/mol. The van der Waals surface area contributed by atoms with Crippen molar-refractivity contribution in [2.45, 2.75) is 24.8 Å². The van der Waals surface area contributed by atoms with Crippen LogP contribution in [0.2, 0.25) is 0 Å². The van der Waals surface area contributed by atoms with Crippen LogP contribution >= 0.6 is 0 Å². The number of aromatic amines is 1. The lowest BCUT2D eigenvalue weighted by Gasteiger charge is -2.36. The van der Waals surface area contributed by atoms with Gasteiger partial charge in [0.1, 0.15) is 11.9 Å². The van der Waals surface area contributed by atoms with Crippen molar-refractivity contribution in [3.8, 4) is 0 Å². The molecule has 0 radical (unpaired) electrons. The first-order valence-electron chi connectivity index (χ1n) is 8.98. The smallest absolute Gasteiger partial charge is 0.239 e. The van der Waals surface area contributed by atoms with E-state index in [1.54, 1.807) is 12.1 Å². The molecule has 3 aromatic rings.